The largest absolute Gasteiger partial charge is 0.444 e. The summed E-state index contributed by atoms with van der Waals surface area (Å²) in [4.78, 5) is 13.8. The van der Waals surface area contributed by atoms with Crippen LogP contribution in [0, 0.1) is 10.5 Å². The first-order chi connectivity index (χ1) is 9.69. The molecule has 1 saturated heterocycles. The number of rotatable bonds is 1. The van der Waals surface area contributed by atoms with E-state index in [9.17, 15) is 4.79 Å². The third kappa shape index (κ3) is 4.12. The Morgan fingerprint density at radius 1 is 1.38 bits per heavy atom. The second kappa shape index (κ2) is 6.44. The van der Waals surface area contributed by atoms with Crippen LogP contribution in [0.15, 0.2) is 4.60 Å². The van der Waals surface area contributed by atoms with Crippen molar-refractivity contribution in [2.45, 2.75) is 52.2 Å². The molecule has 0 N–H and O–H groups in total. The molecular formula is C14H21BrIN3O2. The standard InChI is InChI=1S/C14H21BrIN3O2/c1-9-11(16)12(15)17-19(9)10-5-7-18(8-6-10)13(20)21-14(2,3)4/h10H,5-8H2,1-4H3. The zero-order valence-electron chi connectivity index (χ0n) is 12.8. The van der Waals surface area contributed by atoms with Crippen molar-refractivity contribution >= 4 is 44.6 Å². The molecule has 1 fully saturated rings. The van der Waals surface area contributed by atoms with Crippen molar-refractivity contribution in [3.05, 3.63) is 13.9 Å². The summed E-state index contributed by atoms with van der Waals surface area (Å²) >= 11 is 5.78. The molecule has 1 amide bonds. The van der Waals surface area contributed by atoms with Gasteiger partial charge in [-0.25, -0.2) is 4.79 Å². The molecule has 0 bridgehead atoms. The van der Waals surface area contributed by atoms with Gasteiger partial charge < -0.3 is 9.64 Å². The molecule has 118 valence electrons. The van der Waals surface area contributed by atoms with E-state index in [1.54, 1.807) is 4.90 Å². The Kier molecular flexibility index (Phi) is 5.23. The number of piperidine rings is 1. The molecule has 0 aliphatic carbocycles. The molecular weight excluding hydrogens is 449 g/mol. The smallest absolute Gasteiger partial charge is 0.410 e. The van der Waals surface area contributed by atoms with Gasteiger partial charge in [-0.1, -0.05) is 0 Å². The van der Waals surface area contributed by atoms with Gasteiger partial charge >= 0.3 is 6.09 Å². The highest BCUT2D eigenvalue weighted by atomic mass is 127. The van der Waals surface area contributed by atoms with Crippen LogP contribution in [-0.4, -0.2) is 39.5 Å². The van der Waals surface area contributed by atoms with Crippen LogP contribution >= 0.6 is 38.5 Å². The van der Waals surface area contributed by atoms with Crippen LogP contribution in [0.3, 0.4) is 0 Å². The van der Waals surface area contributed by atoms with Crippen molar-refractivity contribution in [1.82, 2.24) is 14.7 Å². The van der Waals surface area contributed by atoms with Gasteiger partial charge in [0.05, 0.1) is 15.3 Å². The summed E-state index contributed by atoms with van der Waals surface area (Å²) in [5, 5.41) is 4.55. The zero-order valence-corrected chi connectivity index (χ0v) is 16.6. The lowest BCUT2D eigenvalue weighted by Gasteiger charge is -2.33. The van der Waals surface area contributed by atoms with Gasteiger partial charge in [0.15, 0.2) is 0 Å². The Labute approximate surface area is 147 Å². The van der Waals surface area contributed by atoms with Crippen LogP contribution in [0.25, 0.3) is 0 Å². The minimum absolute atomic E-state index is 0.214. The van der Waals surface area contributed by atoms with Gasteiger partial charge in [-0.05, 0) is 79.1 Å². The van der Waals surface area contributed by atoms with Gasteiger partial charge in [-0.15, -0.1) is 0 Å². The molecule has 0 atom stereocenters. The number of ether oxygens (including phenoxy) is 1. The van der Waals surface area contributed by atoms with Gasteiger partial charge in [-0.2, -0.15) is 5.10 Å². The van der Waals surface area contributed by atoms with Gasteiger partial charge in [0.1, 0.15) is 10.2 Å². The average molecular weight is 470 g/mol. The Hall–Kier alpha value is -0.310. The number of halogens is 2. The predicted octanol–water partition coefficient (Wildman–Crippen LogP) is 4.13. The van der Waals surface area contributed by atoms with Crippen molar-refractivity contribution in [3.8, 4) is 0 Å². The summed E-state index contributed by atoms with van der Waals surface area (Å²) in [7, 11) is 0. The molecule has 5 nitrogen and oxygen atoms in total. The number of carbonyl (C=O) groups excluding carboxylic acids is 1. The fraction of sp³-hybridized carbons (Fsp3) is 0.714. The molecule has 21 heavy (non-hydrogen) atoms. The van der Waals surface area contributed by atoms with Crippen molar-refractivity contribution in [3.63, 3.8) is 0 Å². The highest BCUT2D eigenvalue weighted by molar-refractivity contribution is 14.1. The minimum Gasteiger partial charge on any atom is -0.444 e. The number of amides is 1. The molecule has 1 aromatic rings. The van der Waals surface area contributed by atoms with E-state index < -0.39 is 5.60 Å². The van der Waals surface area contributed by atoms with E-state index in [4.69, 9.17) is 4.74 Å². The number of hydrogen-bond donors (Lipinski definition) is 0. The normalized spacial score (nSPS) is 17.1. The van der Waals surface area contributed by atoms with Crippen LogP contribution in [0.1, 0.15) is 45.3 Å². The fourth-order valence-corrected chi connectivity index (χ4v) is 3.25. The lowest BCUT2D eigenvalue weighted by molar-refractivity contribution is 0.0184. The first kappa shape index (κ1) is 17.1. The maximum Gasteiger partial charge on any atom is 0.410 e. The van der Waals surface area contributed by atoms with Gasteiger partial charge in [-0.3, -0.25) is 4.68 Å². The van der Waals surface area contributed by atoms with Crippen LogP contribution in [0.5, 0.6) is 0 Å². The molecule has 0 radical (unpaired) electrons. The van der Waals surface area contributed by atoms with E-state index in [0.717, 1.165) is 21.0 Å². The van der Waals surface area contributed by atoms with Crippen molar-refractivity contribution < 1.29 is 9.53 Å². The van der Waals surface area contributed by atoms with Gasteiger partial charge in [0, 0.05) is 13.1 Å². The first-order valence-corrected chi connectivity index (χ1v) is 8.94. The maximum absolute atomic E-state index is 12.1. The first-order valence-electron chi connectivity index (χ1n) is 7.07. The van der Waals surface area contributed by atoms with Crippen molar-refractivity contribution in [2.75, 3.05) is 13.1 Å². The highest BCUT2D eigenvalue weighted by Crippen LogP contribution is 2.29. The van der Waals surface area contributed by atoms with E-state index in [1.807, 2.05) is 20.8 Å². The Balaban J connectivity index is 1.97. The summed E-state index contributed by atoms with van der Waals surface area (Å²) in [6.45, 7) is 9.19. The summed E-state index contributed by atoms with van der Waals surface area (Å²) in [6.07, 6.45) is 1.60. The summed E-state index contributed by atoms with van der Waals surface area (Å²) in [6, 6.07) is 0.350. The van der Waals surface area contributed by atoms with E-state index in [-0.39, 0.29) is 6.09 Å². The predicted molar refractivity (Wildman–Crippen MR) is 93.5 cm³/mol. The monoisotopic (exact) mass is 469 g/mol. The third-order valence-electron chi connectivity index (χ3n) is 3.50. The highest BCUT2D eigenvalue weighted by Gasteiger charge is 2.29. The fourth-order valence-electron chi connectivity index (χ4n) is 2.44. The molecule has 1 aromatic heterocycles. The summed E-state index contributed by atoms with van der Waals surface area (Å²) in [5.74, 6) is 0. The summed E-state index contributed by atoms with van der Waals surface area (Å²) < 4.78 is 9.56. The van der Waals surface area contributed by atoms with E-state index in [1.165, 1.54) is 5.69 Å². The third-order valence-corrected chi connectivity index (χ3v) is 6.09. The van der Waals surface area contributed by atoms with E-state index in [0.29, 0.717) is 19.1 Å². The molecule has 0 spiro atoms. The molecule has 0 unspecified atom stereocenters. The topological polar surface area (TPSA) is 47.4 Å². The zero-order chi connectivity index (χ0) is 15.8. The maximum atomic E-state index is 12.1. The van der Waals surface area contributed by atoms with Crippen LogP contribution in [0.2, 0.25) is 0 Å². The number of likely N-dealkylation sites (tertiary alicyclic amines) is 1. The molecule has 1 aliphatic heterocycles. The Bertz CT molecular complexity index is 531. The number of hydrogen-bond acceptors (Lipinski definition) is 3. The van der Waals surface area contributed by atoms with Crippen molar-refractivity contribution in [1.29, 1.82) is 0 Å². The van der Waals surface area contributed by atoms with Gasteiger partial charge in [0.25, 0.3) is 0 Å². The molecule has 0 aromatic carbocycles. The molecule has 2 rings (SSSR count). The van der Waals surface area contributed by atoms with E-state index >= 15 is 0 Å². The lowest BCUT2D eigenvalue weighted by atomic mass is 10.1. The molecule has 7 heteroatoms. The number of aromatic nitrogens is 2. The van der Waals surface area contributed by atoms with Crippen LogP contribution in [-0.2, 0) is 4.74 Å². The molecule has 0 saturated carbocycles. The molecule has 2 heterocycles. The van der Waals surface area contributed by atoms with Crippen LogP contribution in [0.4, 0.5) is 4.79 Å². The number of nitrogens with zero attached hydrogens (tertiary/aromatic N) is 3. The second-order valence-corrected chi connectivity index (χ2v) is 8.16. The molecule has 1 aliphatic rings. The minimum atomic E-state index is -0.437. The van der Waals surface area contributed by atoms with Gasteiger partial charge in [0.2, 0.25) is 0 Å². The van der Waals surface area contributed by atoms with E-state index in [2.05, 4.69) is 55.2 Å². The quantitative estimate of drug-likeness (QED) is 0.581. The number of carbonyl (C=O) groups is 1. The SMILES string of the molecule is Cc1c(I)c(Br)nn1C1CCN(C(=O)OC(C)(C)C)CC1. The Morgan fingerprint density at radius 3 is 2.38 bits per heavy atom. The second-order valence-electron chi connectivity index (χ2n) is 6.33. The average Bonchev–Trinajstić information content (AvgIpc) is 2.65. The van der Waals surface area contributed by atoms with Crippen molar-refractivity contribution in [2.24, 2.45) is 0 Å². The summed E-state index contributed by atoms with van der Waals surface area (Å²) in [5.41, 5.74) is 0.742. The lowest BCUT2D eigenvalue weighted by Crippen LogP contribution is -2.42. The van der Waals surface area contributed by atoms with Crippen LogP contribution < -0.4 is 0 Å². The Morgan fingerprint density at radius 2 is 1.95 bits per heavy atom.